The van der Waals surface area contributed by atoms with Crippen molar-refractivity contribution >= 4 is 28.4 Å². The van der Waals surface area contributed by atoms with Gasteiger partial charge in [-0.05, 0) is 35.9 Å². The Hall–Kier alpha value is -2.40. The molecule has 0 bridgehead atoms. The second-order valence-electron chi connectivity index (χ2n) is 4.23. The lowest BCUT2D eigenvalue weighted by molar-refractivity contribution is 0.0990. The molecular formula is C15H13ClN2O3. The number of aromatic nitrogens is 1. The maximum absolute atomic E-state index is 12.4. The molecule has 0 radical (unpaired) electrons. The Bertz CT molecular complexity index is 674. The summed E-state index contributed by atoms with van der Waals surface area (Å²) >= 11 is 5.53. The molecule has 0 saturated carbocycles. The molecule has 0 saturated heterocycles. The molecule has 21 heavy (non-hydrogen) atoms. The number of ether oxygens (including phenoxy) is 1. The number of carbonyl (C=O) groups excluding carboxylic acids is 2. The molecule has 0 unspecified atom stereocenters. The molecular weight excluding hydrogens is 292 g/mol. The summed E-state index contributed by atoms with van der Waals surface area (Å²) in [5.74, 6) is 0.0253. The van der Waals surface area contributed by atoms with Gasteiger partial charge >= 0.3 is 0 Å². The van der Waals surface area contributed by atoms with Crippen LogP contribution in [0.1, 0.15) is 20.7 Å². The van der Waals surface area contributed by atoms with Crippen molar-refractivity contribution in [2.24, 2.45) is 0 Å². The standard InChI is InChI=1S/C15H13ClN2O3/c1-18(15(20)10-6-8-17-9-7-10)12-5-3-4-11(14(16)19)13(12)21-2/h3-9H,1-2H3. The number of pyridine rings is 1. The zero-order chi connectivity index (χ0) is 15.4. The van der Waals surface area contributed by atoms with Crippen LogP contribution in [-0.2, 0) is 0 Å². The molecule has 2 rings (SSSR count). The lowest BCUT2D eigenvalue weighted by Gasteiger charge is -2.21. The second kappa shape index (κ2) is 6.37. The lowest BCUT2D eigenvalue weighted by atomic mass is 10.1. The van der Waals surface area contributed by atoms with E-state index >= 15 is 0 Å². The van der Waals surface area contributed by atoms with Crippen molar-refractivity contribution in [3.05, 3.63) is 53.9 Å². The van der Waals surface area contributed by atoms with E-state index in [0.29, 0.717) is 11.3 Å². The normalized spacial score (nSPS) is 10.0. The van der Waals surface area contributed by atoms with Gasteiger partial charge in [0.2, 0.25) is 0 Å². The van der Waals surface area contributed by atoms with Crippen LogP contribution in [0.25, 0.3) is 0 Å². The highest BCUT2D eigenvalue weighted by Crippen LogP contribution is 2.33. The summed E-state index contributed by atoms with van der Waals surface area (Å²) in [4.78, 5) is 29.1. The van der Waals surface area contributed by atoms with E-state index < -0.39 is 5.24 Å². The smallest absolute Gasteiger partial charge is 0.258 e. The van der Waals surface area contributed by atoms with Gasteiger partial charge in [-0.25, -0.2) is 0 Å². The van der Waals surface area contributed by atoms with Crippen molar-refractivity contribution in [1.82, 2.24) is 4.98 Å². The first-order chi connectivity index (χ1) is 10.1. The molecule has 1 aromatic heterocycles. The van der Waals surface area contributed by atoms with Crippen LogP contribution in [0.4, 0.5) is 5.69 Å². The first kappa shape index (κ1) is 15.0. The molecule has 0 aliphatic carbocycles. The van der Waals surface area contributed by atoms with Crippen molar-refractivity contribution in [3.8, 4) is 5.75 Å². The van der Waals surface area contributed by atoms with Crippen LogP contribution in [0.2, 0.25) is 0 Å². The summed E-state index contributed by atoms with van der Waals surface area (Å²) in [6.07, 6.45) is 3.08. The second-order valence-corrected chi connectivity index (χ2v) is 4.57. The van der Waals surface area contributed by atoms with Gasteiger partial charge in [0.05, 0.1) is 18.4 Å². The predicted octanol–water partition coefficient (Wildman–Crippen LogP) is 2.75. The van der Waals surface area contributed by atoms with Gasteiger partial charge in [0.15, 0.2) is 5.75 Å². The van der Waals surface area contributed by atoms with E-state index in [1.54, 1.807) is 37.4 Å². The predicted molar refractivity (Wildman–Crippen MR) is 80.1 cm³/mol. The summed E-state index contributed by atoms with van der Waals surface area (Å²) in [7, 11) is 3.02. The van der Waals surface area contributed by atoms with E-state index in [9.17, 15) is 9.59 Å². The number of hydrogen-bond donors (Lipinski definition) is 0. The van der Waals surface area contributed by atoms with Crippen LogP contribution in [0.15, 0.2) is 42.7 Å². The van der Waals surface area contributed by atoms with E-state index in [1.165, 1.54) is 24.4 Å². The fraction of sp³-hybridized carbons (Fsp3) is 0.133. The van der Waals surface area contributed by atoms with E-state index in [4.69, 9.17) is 16.3 Å². The minimum absolute atomic E-state index is 0.214. The number of amides is 1. The maximum atomic E-state index is 12.4. The Balaban J connectivity index is 2.44. The molecule has 6 heteroatoms. The van der Waals surface area contributed by atoms with Gasteiger partial charge in [0.25, 0.3) is 11.1 Å². The average molecular weight is 305 g/mol. The molecule has 108 valence electrons. The van der Waals surface area contributed by atoms with E-state index in [2.05, 4.69) is 4.98 Å². The number of halogens is 1. The Kier molecular flexibility index (Phi) is 4.55. The van der Waals surface area contributed by atoms with Crippen molar-refractivity contribution in [3.63, 3.8) is 0 Å². The zero-order valence-corrected chi connectivity index (χ0v) is 12.3. The fourth-order valence-electron chi connectivity index (χ4n) is 1.96. The number of carbonyl (C=O) groups is 2. The highest BCUT2D eigenvalue weighted by Gasteiger charge is 2.21. The first-order valence-electron chi connectivity index (χ1n) is 6.11. The molecule has 0 spiro atoms. The lowest BCUT2D eigenvalue weighted by Crippen LogP contribution is -2.27. The number of nitrogens with zero attached hydrogens (tertiary/aromatic N) is 2. The van der Waals surface area contributed by atoms with Gasteiger partial charge in [0.1, 0.15) is 0 Å². The fourth-order valence-corrected chi connectivity index (χ4v) is 2.10. The van der Waals surface area contributed by atoms with Gasteiger partial charge in [0, 0.05) is 25.0 Å². The Morgan fingerprint density at radius 3 is 2.43 bits per heavy atom. The molecule has 0 atom stereocenters. The Morgan fingerprint density at radius 2 is 1.86 bits per heavy atom. The van der Waals surface area contributed by atoms with E-state index in [-0.39, 0.29) is 17.2 Å². The van der Waals surface area contributed by atoms with E-state index in [0.717, 1.165) is 0 Å². The summed E-state index contributed by atoms with van der Waals surface area (Å²) < 4.78 is 5.23. The van der Waals surface area contributed by atoms with Gasteiger partial charge in [-0.1, -0.05) is 6.07 Å². The van der Waals surface area contributed by atoms with Crippen molar-refractivity contribution in [2.75, 3.05) is 19.1 Å². The quantitative estimate of drug-likeness (QED) is 0.815. The summed E-state index contributed by atoms with van der Waals surface area (Å²) in [6.45, 7) is 0. The number of hydrogen-bond acceptors (Lipinski definition) is 4. The molecule has 0 N–H and O–H groups in total. The minimum Gasteiger partial charge on any atom is -0.494 e. The van der Waals surface area contributed by atoms with Crippen molar-refractivity contribution in [2.45, 2.75) is 0 Å². The molecule has 1 aromatic carbocycles. The third-order valence-electron chi connectivity index (χ3n) is 3.00. The van der Waals surface area contributed by atoms with Gasteiger partial charge < -0.3 is 9.64 Å². The molecule has 2 aromatic rings. The topological polar surface area (TPSA) is 59.5 Å². The van der Waals surface area contributed by atoms with Crippen molar-refractivity contribution in [1.29, 1.82) is 0 Å². The van der Waals surface area contributed by atoms with Crippen LogP contribution in [-0.4, -0.2) is 30.3 Å². The number of anilines is 1. The number of rotatable bonds is 4. The minimum atomic E-state index is -0.640. The molecule has 1 amide bonds. The van der Waals surface area contributed by atoms with Gasteiger partial charge in [-0.15, -0.1) is 0 Å². The van der Waals surface area contributed by atoms with Crippen LogP contribution >= 0.6 is 11.6 Å². The largest absolute Gasteiger partial charge is 0.494 e. The van der Waals surface area contributed by atoms with Crippen LogP contribution < -0.4 is 9.64 Å². The van der Waals surface area contributed by atoms with Gasteiger partial charge in [-0.3, -0.25) is 14.6 Å². The number of benzene rings is 1. The van der Waals surface area contributed by atoms with E-state index in [1.807, 2.05) is 0 Å². The Labute approximate surface area is 127 Å². The molecule has 0 fully saturated rings. The third kappa shape index (κ3) is 3.03. The molecule has 0 aliphatic heterocycles. The third-order valence-corrected chi connectivity index (χ3v) is 3.21. The Morgan fingerprint density at radius 1 is 1.19 bits per heavy atom. The van der Waals surface area contributed by atoms with Crippen LogP contribution in [0.5, 0.6) is 5.75 Å². The average Bonchev–Trinajstić information content (AvgIpc) is 2.53. The van der Waals surface area contributed by atoms with Crippen LogP contribution in [0, 0.1) is 0 Å². The summed E-state index contributed by atoms with van der Waals surface area (Å²) in [5.41, 5.74) is 1.16. The zero-order valence-electron chi connectivity index (χ0n) is 11.5. The number of methoxy groups -OCH3 is 1. The summed E-state index contributed by atoms with van der Waals surface area (Å²) in [5, 5.41) is -0.640. The highest BCUT2D eigenvalue weighted by molar-refractivity contribution is 6.68. The molecule has 1 heterocycles. The number of para-hydroxylation sites is 1. The summed E-state index contributed by atoms with van der Waals surface area (Å²) in [6, 6.07) is 8.09. The first-order valence-corrected chi connectivity index (χ1v) is 6.49. The molecule has 5 nitrogen and oxygen atoms in total. The van der Waals surface area contributed by atoms with Gasteiger partial charge in [-0.2, -0.15) is 0 Å². The SMILES string of the molecule is COc1c(C(=O)Cl)cccc1N(C)C(=O)c1ccncc1. The van der Waals surface area contributed by atoms with Crippen LogP contribution in [0.3, 0.4) is 0 Å². The maximum Gasteiger partial charge on any atom is 0.258 e. The monoisotopic (exact) mass is 304 g/mol. The van der Waals surface area contributed by atoms with Crippen molar-refractivity contribution < 1.29 is 14.3 Å². The highest BCUT2D eigenvalue weighted by atomic mass is 35.5. The molecule has 0 aliphatic rings.